The van der Waals surface area contributed by atoms with Gasteiger partial charge in [0.05, 0.1) is 11.3 Å². The number of amides is 2. The van der Waals surface area contributed by atoms with Crippen LogP contribution < -0.4 is 15.1 Å². The van der Waals surface area contributed by atoms with Gasteiger partial charge in [0.1, 0.15) is 11.2 Å². The Morgan fingerprint density at radius 2 is 1.71 bits per heavy atom. The molecule has 3 aromatic rings. The van der Waals surface area contributed by atoms with Crippen molar-refractivity contribution >= 4 is 40.6 Å². The molecule has 1 atom stereocenters. The van der Waals surface area contributed by atoms with Crippen molar-refractivity contribution in [2.75, 3.05) is 35.0 Å². The van der Waals surface area contributed by atoms with Crippen molar-refractivity contribution < 1.29 is 14.0 Å². The van der Waals surface area contributed by atoms with Crippen LogP contribution >= 0.6 is 11.8 Å². The molecule has 0 radical (unpaired) electrons. The van der Waals surface area contributed by atoms with E-state index in [0.717, 1.165) is 16.9 Å². The highest BCUT2D eigenvalue weighted by Crippen LogP contribution is 2.42. The van der Waals surface area contributed by atoms with E-state index in [0.29, 0.717) is 11.4 Å². The number of hydrogen-bond acceptors (Lipinski definition) is 4. The van der Waals surface area contributed by atoms with Gasteiger partial charge in [0.15, 0.2) is 0 Å². The second-order valence-electron chi connectivity index (χ2n) is 7.39. The van der Waals surface area contributed by atoms with Crippen LogP contribution in [0.3, 0.4) is 0 Å². The van der Waals surface area contributed by atoms with E-state index < -0.39 is 11.7 Å². The quantitative estimate of drug-likeness (QED) is 0.618. The van der Waals surface area contributed by atoms with E-state index in [9.17, 15) is 14.0 Å². The maximum Gasteiger partial charge on any atom is 0.258 e. The van der Waals surface area contributed by atoms with Crippen molar-refractivity contribution in [2.24, 2.45) is 0 Å². The highest BCUT2D eigenvalue weighted by atomic mass is 32.2. The van der Waals surface area contributed by atoms with E-state index in [1.165, 1.54) is 12.1 Å². The van der Waals surface area contributed by atoms with Gasteiger partial charge in [-0.2, -0.15) is 0 Å². The normalized spacial score (nSPS) is 15.8. The number of nitrogens with one attached hydrogen (secondary N) is 1. The minimum absolute atomic E-state index is 0.00383. The molecule has 0 aromatic heterocycles. The molecule has 1 N–H and O–H groups in total. The van der Waals surface area contributed by atoms with Crippen LogP contribution in [0.2, 0.25) is 0 Å². The molecule has 3 aromatic carbocycles. The lowest BCUT2D eigenvalue weighted by Crippen LogP contribution is -2.27. The molecule has 4 rings (SSSR count). The summed E-state index contributed by atoms with van der Waals surface area (Å²) < 4.78 is 13.8. The molecule has 1 saturated heterocycles. The number of anilines is 3. The van der Waals surface area contributed by atoms with E-state index in [1.807, 2.05) is 55.4 Å². The van der Waals surface area contributed by atoms with Gasteiger partial charge in [0.2, 0.25) is 5.91 Å². The van der Waals surface area contributed by atoms with Crippen LogP contribution in [-0.2, 0) is 4.79 Å². The summed E-state index contributed by atoms with van der Waals surface area (Å²) in [7, 11) is 3.95. The molecule has 0 saturated carbocycles. The van der Waals surface area contributed by atoms with Crippen LogP contribution in [0.1, 0.15) is 21.3 Å². The second-order valence-corrected chi connectivity index (χ2v) is 8.46. The minimum Gasteiger partial charge on any atom is -0.378 e. The minimum atomic E-state index is -0.562. The van der Waals surface area contributed by atoms with E-state index >= 15 is 0 Å². The first-order valence-corrected chi connectivity index (χ1v) is 10.9. The van der Waals surface area contributed by atoms with Crippen LogP contribution in [0, 0.1) is 5.82 Å². The van der Waals surface area contributed by atoms with Gasteiger partial charge in [-0.15, -0.1) is 11.8 Å². The molecule has 158 valence electrons. The fraction of sp³-hybridized carbons (Fsp3) is 0.167. The first kappa shape index (κ1) is 20.9. The van der Waals surface area contributed by atoms with Crippen molar-refractivity contribution in [2.45, 2.75) is 5.37 Å². The Balaban J connectivity index is 1.51. The SMILES string of the molecule is CN(C)c1ccc(N2C(=O)CS[C@@H]2c2ccc(NC(=O)c3ccccc3F)cc2)cc1. The average Bonchev–Trinajstić information content (AvgIpc) is 3.16. The van der Waals surface area contributed by atoms with E-state index in [1.54, 1.807) is 40.9 Å². The van der Waals surface area contributed by atoms with Crippen LogP contribution in [0.15, 0.2) is 72.8 Å². The van der Waals surface area contributed by atoms with E-state index in [4.69, 9.17) is 0 Å². The molecule has 0 unspecified atom stereocenters. The van der Waals surface area contributed by atoms with E-state index in [2.05, 4.69) is 5.32 Å². The Morgan fingerprint density at radius 3 is 2.35 bits per heavy atom. The number of hydrogen-bond donors (Lipinski definition) is 1. The maximum absolute atomic E-state index is 13.8. The van der Waals surface area contributed by atoms with Gasteiger partial charge in [-0.05, 0) is 54.1 Å². The summed E-state index contributed by atoms with van der Waals surface area (Å²) in [5.41, 5.74) is 3.43. The average molecular weight is 436 g/mol. The third kappa shape index (κ3) is 4.41. The number of halogens is 1. The fourth-order valence-electron chi connectivity index (χ4n) is 3.44. The third-order valence-electron chi connectivity index (χ3n) is 5.08. The fourth-order valence-corrected chi connectivity index (χ4v) is 4.61. The maximum atomic E-state index is 13.8. The standard InChI is InChI=1S/C24H22FN3O2S/c1-27(2)18-11-13-19(14-12-18)28-22(29)15-31-24(28)16-7-9-17(10-8-16)26-23(30)20-5-3-4-6-21(20)25/h3-14,24H,15H2,1-2H3,(H,26,30)/t24-/m1/s1. The lowest BCUT2D eigenvalue weighted by molar-refractivity contribution is -0.115. The number of carbonyl (C=O) groups is 2. The van der Waals surface area contributed by atoms with Crippen molar-refractivity contribution in [1.29, 1.82) is 0 Å². The lowest BCUT2D eigenvalue weighted by Gasteiger charge is -2.25. The molecule has 1 heterocycles. The van der Waals surface area contributed by atoms with Crippen LogP contribution in [-0.4, -0.2) is 31.7 Å². The monoisotopic (exact) mass is 435 g/mol. The van der Waals surface area contributed by atoms with Gasteiger partial charge in [-0.25, -0.2) is 4.39 Å². The Hall–Kier alpha value is -3.32. The Morgan fingerprint density at radius 1 is 1.03 bits per heavy atom. The molecule has 0 aliphatic carbocycles. The number of nitrogens with zero attached hydrogens (tertiary/aromatic N) is 2. The zero-order chi connectivity index (χ0) is 22.0. The van der Waals surface area contributed by atoms with Gasteiger partial charge >= 0.3 is 0 Å². The summed E-state index contributed by atoms with van der Waals surface area (Å²) in [5, 5.41) is 2.57. The van der Waals surface area contributed by atoms with Gasteiger partial charge in [-0.3, -0.25) is 14.5 Å². The summed E-state index contributed by atoms with van der Waals surface area (Å²) in [6.45, 7) is 0. The van der Waals surface area contributed by atoms with Crippen LogP contribution in [0.4, 0.5) is 21.5 Å². The number of carbonyl (C=O) groups excluding carboxylic acids is 2. The van der Waals surface area contributed by atoms with Crippen molar-refractivity contribution in [1.82, 2.24) is 0 Å². The summed E-state index contributed by atoms with van der Waals surface area (Å²) in [4.78, 5) is 28.7. The van der Waals surface area contributed by atoms with Crippen molar-refractivity contribution in [3.63, 3.8) is 0 Å². The molecule has 7 heteroatoms. The molecule has 0 bridgehead atoms. The summed E-state index contributed by atoms with van der Waals surface area (Å²) in [6.07, 6.45) is 0. The molecule has 5 nitrogen and oxygen atoms in total. The van der Waals surface area contributed by atoms with Crippen molar-refractivity contribution in [3.05, 3.63) is 89.7 Å². The Bertz CT molecular complexity index is 1100. The molecular formula is C24H22FN3O2S. The molecule has 0 spiro atoms. The summed E-state index contributed by atoms with van der Waals surface area (Å²) in [6, 6.07) is 21.1. The third-order valence-corrected chi connectivity index (χ3v) is 6.30. The molecule has 31 heavy (non-hydrogen) atoms. The summed E-state index contributed by atoms with van der Waals surface area (Å²) in [5.74, 6) is -0.594. The topological polar surface area (TPSA) is 52.6 Å². The predicted molar refractivity (Wildman–Crippen MR) is 124 cm³/mol. The lowest BCUT2D eigenvalue weighted by atomic mass is 10.1. The highest BCUT2D eigenvalue weighted by molar-refractivity contribution is 8.00. The highest BCUT2D eigenvalue weighted by Gasteiger charge is 2.34. The first-order valence-electron chi connectivity index (χ1n) is 9.81. The van der Waals surface area contributed by atoms with E-state index in [-0.39, 0.29) is 16.8 Å². The van der Waals surface area contributed by atoms with Crippen LogP contribution in [0.25, 0.3) is 0 Å². The second kappa shape index (κ2) is 8.81. The molecule has 1 aliphatic heterocycles. The first-order chi connectivity index (χ1) is 14.9. The van der Waals surface area contributed by atoms with Gasteiger partial charge in [0, 0.05) is 31.2 Å². The molecular weight excluding hydrogens is 413 g/mol. The molecule has 2 amide bonds. The Labute approximate surface area is 184 Å². The number of benzene rings is 3. The zero-order valence-electron chi connectivity index (χ0n) is 17.2. The largest absolute Gasteiger partial charge is 0.378 e. The smallest absolute Gasteiger partial charge is 0.258 e. The van der Waals surface area contributed by atoms with Gasteiger partial charge < -0.3 is 10.2 Å². The molecule has 1 aliphatic rings. The predicted octanol–water partition coefficient (Wildman–Crippen LogP) is 4.92. The van der Waals surface area contributed by atoms with Crippen LogP contribution in [0.5, 0.6) is 0 Å². The Kier molecular flexibility index (Phi) is 5.95. The van der Waals surface area contributed by atoms with Gasteiger partial charge in [0.25, 0.3) is 5.91 Å². The molecule has 1 fully saturated rings. The van der Waals surface area contributed by atoms with Gasteiger partial charge in [-0.1, -0.05) is 24.3 Å². The number of rotatable bonds is 5. The summed E-state index contributed by atoms with van der Waals surface area (Å²) >= 11 is 1.56. The zero-order valence-corrected chi connectivity index (χ0v) is 18.0. The van der Waals surface area contributed by atoms with Crippen molar-refractivity contribution in [3.8, 4) is 0 Å². The number of thioether (sulfide) groups is 1.